The predicted molar refractivity (Wildman–Crippen MR) is 61.7 cm³/mol. The average molecular weight is 286 g/mol. The van der Waals surface area contributed by atoms with Gasteiger partial charge in [-0.15, -0.1) is 4.28 Å². The van der Waals surface area contributed by atoms with Crippen molar-refractivity contribution in [2.24, 2.45) is 0 Å². The lowest BCUT2D eigenvalue weighted by Crippen LogP contribution is -2.35. The summed E-state index contributed by atoms with van der Waals surface area (Å²) < 4.78 is 36.0. The molecular formula is C9H10N4O5S. The summed E-state index contributed by atoms with van der Waals surface area (Å²) in [5, 5.41) is 4.69. The summed E-state index contributed by atoms with van der Waals surface area (Å²) in [5.74, 6) is 0. The first-order valence-electron chi connectivity index (χ1n) is 5.40. The van der Waals surface area contributed by atoms with Gasteiger partial charge in [0.2, 0.25) is 0 Å². The van der Waals surface area contributed by atoms with E-state index < -0.39 is 22.5 Å². The Morgan fingerprint density at radius 2 is 2.26 bits per heavy atom. The minimum Gasteiger partial charge on any atom is -0.314 e. The maximum Gasteiger partial charge on any atom is 0.418 e. The lowest BCUT2D eigenvalue weighted by molar-refractivity contribution is -0.0183. The molecule has 0 radical (unpaired) electrons. The van der Waals surface area contributed by atoms with Crippen LogP contribution in [0.4, 0.5) is 4.79 Å². The fraction of sp³-hybridized carbons (Fsp3) is 0.333. The number of aromatic nitrogens is 2. The number of hydrogen-bond donors (Lipinski definition) is 1. The molecule has 3 heterocycles. The van der Waals surface area contributed by atoms with Crippen molar-refractivity contribution in [3.05, 3.63) is 24.5 Å². The van der Waals surface area contributed by atoms with Crippen molar-refractivity contribution in [2.45, 2.75) is 6.04 Å². The van der Waals surface area contributed by atoms with Crippen LogP contribution in [0.2, 0.25) is 0 Å². The van der Waals surface area contributed by atoms with E-state index in [4.69, 9.17) is 4.55 Å². The normalized spacial score (nSPS) is 22.9. The van der Waals surface area contributed by atoms with Gasteiger partial charge in [-0.1, -0.05) is 0 Å². The number of nitrogens with zero attached hydrogens (tertiary/aromatic N) is 4. The largest absolute Gasteiger partial charge is 0.418 e. The van der Waals surface area contributed by atoms with Crippen molar-refractivity contribution in [1.29, 1.82) is 0 Å². The van der Waals surface area contributed by atoms with Gasteiger partial charge < -0.3 is 4.90 Å². The molecule has 2 aliphatic rings. The van der Waals surface area contributed by atoms with Gasteiger partial charge in [-0.25, -0.2) is 9.48 Å². The monoisotopic (exact) mass is 286 g/mol. The van der Waals surface area contributed by atoms with Crippen molar-refractivity contribution < 1.29 is 22.0 Å². The Morgan fingerprint density at radius 1 is 1.47 bits per heavy atom. The van der Waals surface area contributed by atoms with Crippen molar-refractivity contribution in [3.8, 4) is 0 Å². The number of carbonyl (C=O) groups excluding carboxylic acids is 1. The Morgan fingerprint density at radius 3 is 2.89 bits per heavy atom. The number of carbonyl (C=O) groups is 1. The Kier molecular flexibility index (Phi) is 2.59. The van der Waals surface area contributed by atoms with E-state index in [1.807, 2.05) is 0 Å². The minimum atomic E-state index is -4.72. The number of amides is 2. The van der Waals surface area contributed by atoms with Crippen LogP contribution in [-0.4, -0.2) is 57.9 Å². The summed E-state index contributed by atoms with van der Waals surface area (Å²) in [6, 6.07) is 0.546. The van der Waals surface area contributed by atoms with Crippen molar-refractivity contribution in [2.75, 3.05) is 13.1 Å². The van der Waals surface area contributed by atoms with E-state index in [9.17, 15) is 13.2 Å². The summed E-state index contributed by atoms with van der Waals surface area (Å²) >= 11 is 0. The van der Waals surface area contributed by atoms with Gasteiger partial charge >= 0.3 is 16.4 Å². The fourth-order valence-corrected chi connectivity index (χ4v) is 2.54. The van der Waals surface area contributed by atoms with Gasteiger partial charge in [-0.3, -0.25) is 4.55 Å². The van der Waals surface area contributed by atoms with E-state index >= 15 is 0 Å². The molecule has 1 atom stereocenters. The van der Waals surface area contributed by atoms with Crippen molar-refractivity contribution in [1.82, 2.24) is 19.7 Å². The molecule has 1 fully saturated rings. The fourth-order valence-electron chi connectivity index (χ4n) is 2.16. The van der Waals surface area contributed by atoms with Crippen LogP contribution < -0.4 is 0 Å². The molecule has 0 spiro atoms. The summed E-state index contributed by atoms with van der Waals surface area (Å²) in [4.78, 5) is 13.3. The molecule has 9 nitrogen and oxygen atoms in total. The summed E-state index contributed by atoms with van der Waals surface area (Å²) in [6.45, 7) is 0.599. The first kappa shape index (κ1) is 12.1. The molecule has 1 aromatic heterocycles. The van der Waals surface area contributed by atoms with Gasteiger partial charge in [0.1, 0.15) is 6.04 Å². The number of urea groups is 1. The van der Waals surface area contributed by atoms with Gasteiger partial charge in [-0.2, -0.15) is 18.6 Å². The number of fused-ring (bicyclic) bond motifs is 2. The molecule has 2 aliphatic heterocycles. The Balaban J connectivity index is 1.90. The molecular weight excluding hydrogens is 276 g/mol. The zero-order chi connectivity index (χ0) is 13.6. The highest BCUT2D eigenvalue weighted by Gasteiger charge is 2.43. The van der Waals surface area contributed by atoms with Crippen LogP contribution in [0.25, 0.3) is 5.70 Å². The second-order valence-corrected chi connectivity index (χ2v) is 5.17. The lowest BCUT2D eigenvalue weighted by Gasteiger charge is -2.20. The molecule has 0 saturated carbocycles. The van der Waals surface area contributed by atoms with Gasteiger partial charge in [0, 0.05) is 18.9 Å². The maximum absolute atomic E-state index is 11.9. The highest BCUT2D eigenvalue weighted by Crippen LogP contribution is 2.26. The van der Waals surface area contributed by atoms with E-state index in [0.717, 1.165) is 5.70 Å². The summed E-state index contributed by atoms with van der Waals surface area (Å²) in [6.07, 6.45) is 5.00. The molecule has 0 aromatic carbocycles. The van der Waals surface area contributed by atoms with Crippen molar-refractivity contribution in [3.63, 3.8) is 0 Å². The molecule has 0 aliphatic carbocycles. The Bertz CT molecular complexity index is 638. The second-order valence-electron chi connectivity index (χ2n) is 4.17. The zero-order valence-corrected chi connectivity index (χ0v) is 10.4. The van der Waals surface area contributed by atoms with Crippen LogP contribution in [0, 0.1) is 0 Å². The molecule has 1 unspecified atom stereocenters. The molecule has 1 N–H and O–H groups in total. The molecule has 1 aromatic rings. The number of hydroxylamine groups is 2. The topological polar surface area (TPSA) is 105 Å². The Hall–Kier alpha value is -1.91. The van der Waals surface area contributed by atoms with E-state index in [1.54, 1.807) is 29.2 Å². The molecule has 1 saturated heterocycles. The van der Waals surface area contributed by atoms with Gasteiger partial charge in [0.25, 0.3) is 0 Å². The third-order valence-electron chi connectivity index (χ3n) is 2.88. The van der Waals surface area contributed by atoms with Crippen LogP contribution in [-0.2, 0) is 14.7 Å². The Labute approximate surface area is 108 Å². The third kappa shape index (κ3) is 2.20. The van der Waals surface area contributed by atoms with Crippen molar-refractivity contribution >= 4 is 22.1 Å². The molecule has 102 valence electrons. The van der Waals surface area contributed by atoms with Gasteiger partial charge in [-0.05, 0) is 12.1 Å². The molecule has 3 rings (SSSR count). The molecule has 2 bridgehead atoms. The van der Waals surface area contributed by atoms with Crippen LogP contribution >= 0.6 is 0 Å². The highest BCUT2D eigenvalue weighted by molar-refractivity contribution is 7.80. The first-order chi connectivity index (χ1) is 8.94. The van der Waals surface area contributed by atoms with Crippen LogP contribution in [0.3, 0.4) is 0 Å². The summed E-state index contributed by atoms with van der Waals surface area (Å²) in [7, 11) is -4.72. The van der Waals surface area contributed by atoms with Crippen LogP contribution in [0.1, 0.15) is 0 Å². The first-order valence-corrected chi connectivity index (χ1v) is 6.76. The third-order valence-corrected chi connectivity index (χ3v) is 3.23. The summed E-state index contributed by atoms with van der Waals surface area (Å²) in [5.41, 5.74) is 0.732. The quantitative estimate of drug-likeness (QED) is 0.756. The van der Waals surface area contributed by atoms with E-state index in [2.05, 4.69) is 9.38 Å². The van der Waals surface area contributed by atoms with E-state index in [0.29, 0.717) is 18.2 Å². The van der Waals surface area contributed by atoms with Crippen LogP contribution in [0.15, 0.2) is 24.5 Å². The average Bonchev–Trinajstić information content (AvgIpc) is 2.92. The predicted octanol–water partition coefficient (Wildman–Crippen LogP) is -0.422. The minimum absolute atomic E-state index is 0.294. The highest BCUT2D eigenvalue weighted by atomic mass is 32.3. The molecule has 2 amide bonds. The standard InChI is InChI=1S/C9H10N4O5S/c14-9-11-5-7(12-3-1-2-10-12)4-8(6-11)13(9)18-19(15,16)17/h1-4,8H,5-6H2,(H,15,16,17). The van der Waals surface area contributed by atoms with E-state index in [1.165, 1.54) is 4.90 Å². The lowest BCUT2D eigenvalue weighted by atomic mass is 10.2. The SMILES string of the molecule is O=C1N2CC(n3cccn3)=CC(C2)N1OS(=O)(=O)O. The number of hydrogen-bond acceptors (Lipinski definition) is 5. The van der Waals surface area contributed by atoms with E-state index in [-0.39, 0.29) is 0 Å². The van der Waals surface area contributed by atoms with Gasteiger partial charge in [0.15, 0.2) is 0 Å². The van der Waals surface area contributed by atoms with Crippen LogP contribution in [0.5, 0.6) is 0 Å². The second kappa shape index (κ2) is 4.05. The maximum atomic E-state index is 11.9. The number of rotatable bonds is 3. The molecule has 10 heteroatoms. The smallest absolute Gasteiger partial charge is 0.314 e. The zero-order valence-electron chi connectivity index (χ0n) is 9.58. The van der Waals surface area contributed by atoms with Gasteiger partial charge in [0.05, 0.1) is 12.2 Å². The molecule has 19 heavy (non-hydrogen) atoms.